The molecule has 0 saturated heterocycles. The number of aliphatic carboxylic acids is 1. The number of allylic oxidation sites excluding steroid dienone is 3. The number of aromatic amines is 1. The number of hydrogen-bond acceptors (Lipinski definition) is 6. The van der Waals surface area contributed by atoms with Gasteiger partial charge in [-0.2, -0.15) is 0 Å². The Morgan fingerprint density at radius 2 is 1.91 bits per heavy atom. The van der Waals surface area contributed by atoms with Gasteiger partial charge >= 0.3 is 5.97 Å². The third-order valence-electron chi connectivity index (χ3n) is 10.7. The van der Waals surface area contributed by atoms with E-state index in [4.69, 9.17) is 5.73 Å². The monoisotopic (exact) mass is 625 g/mol. The molecule has 1 aromatic rings. The Hall–Kier alpha value is -2.55. The third kappa shape index (κ3) is 10.8. The van der Waals surface area contributed by atoms with E-state index in [9.17, 15) is 25.2 Å². The van der Waals surface area contributed by atoms with Gasteiger partial charge < -0.3 is 36.5 Å². The normalized spacial score (nSPS) is 29.6. The smallest absolute Gasteiger partial charge is 0.309 e. The second kappa shape index (κ2) is 17.4. The van der Waals surface area contributed by atoms with E-state index in [2.05, 4.69) is 35.5 Å². The first-order chi connectivity index (χ1) is 21.7. The van der Waals surface area contributed by atoms with Gasteiger partial charge in [0.25, 0.3) is 0 Å². The number of nitrogens with one attached hydrogen (secondary N) is 2. The molecule has 0 spiro atoms. The Morgan fingerprint density at radius 1 is 1.09 bits per heavy atom. The van der Waals surface area contributed by atoms with Crippen molar-refractivity contribution in [2.45, 2.75) is 127 Å². The number of dihydropyridines is 1. The van der Waals surface area contributed by atoms with E-state index < -0.39 is 23.6 Å². The summed E-state index contributed by atoms with van der Waals surface area (Å²) in [5, 5.41) is 46.8. The van der Waals surface area contributed by atoms with Crippen LogP contribution in [0.25, 0.3) is 0 Å². The predicted octanol–water partition coefficient (Wildman–Crippen LogP) is 5.96. The quantitative estimate of drug-likeness (QED) is 0.0740. The number of aliphatic hydroxyl groups is 3. The van der Waals surface area contributed by atoms with E-state index in [0.717, 1.165) is 63.5 Å². The molecule has 252 valence electrons. The number of hydrogen-bond donors (Lipinski definition) is 7. The van der Waals surface area contributed by atoms with Crippen molar-refractivity contribution in [2.24, 2.45) is 35.3 Å². The molecule has 1 fully saturated rings. The Morgan fingerprint density at radius 3 is 2.62 bits per heavy atom. The molecule has 8 nitrogen and oxygen atoms in total. The minimum Gasteiger partial charge on any atom is -0.481 e. The van der Waals surface area contributed by atoms with Crippen molar-refractivity contribution in [1.29, 1.82) is 0 Å². The molecule has 1 saturated carbocycles. The fourth-order valence-electron chi connectivity index (χ4n) is 8.10. The first-order valence-electron chi connectivity index (χ1n) is 17.7. The lowest BCUT2D eigenvalue weighted by Gasteiger charge is -2.32. The number of carbonyl (C=O) groups is 1. The number of unbranched alkanes of at least 4 members (excludes halogenated alkanes) is 4. The van der Waals surface area contributed by atoms with Crippen LogP contribution in [0.1, 0.15) is 109 Å². The van der Waals surface area contributed by atoms with Crippen LogP contribution >= 0.6 is 0 Å². The second-order valence-electron chi connectivity index (χ2n) is 14.3. The topological polar surface area (TPSA) is 152 Å². The summed E-state index contributed by atoms with van der Waals surface area (Å²) < 4.78 is 0. The SMILES string of the molecule is CCCCC[C@@H]1C=C[C@@H](CCCCC[C@H](C(=O)O)[C@H](O)CC[C@]2(O)C[C@H](CC3=CCNC(N)=C3)C[C@H]2Cc2ccc[nH]2)[C@H](O)C1. The number of carboxylic acid groups (broad SMARTS) is 1. The summed E-state index contributed by atoms with van der Waals surface area (Å²) in [5.41, 5.74) is 7.28. The molecule has 2 aliphatic carbocycles. The highest BCUT2D eigenvalue weighted by molar-refractivity contribution is 5.70. The lowest BCUT2D eigenvalue weighted by Crippen LogP contribution is -2.37. The zero-order chi connectivity index (χ0) is 32.2. The fraction of sp³-hybridized carbons (Fsp3) is 0.703. The maximum Gasteiger partial charge on any atom is 0.309 e. The van der Waals surface area contributed by atoms with Gasteiger partial charge in [-0.05, 0) is 106 Å². The molecule has 0 amide bonds. The Balaban J connectivity index is 1.24. The average Bonchev–Trinajstić information content (AvgIpc) is 3.62. The molecule has 0 radical (unpaired) electrons. The molecule has 1 aliphatic heterocycles. The van der Waals surface area contributed by atoms with Crippen molar-refractivity contribution < 1.29 is 25.2 Å². The van der Waals surface area contributed by atoms with Crippen molar-refractivity contribution in [3.63, 3.8) is 0 Å². The van der Waals surface area contributed by atoms with Gasteiger partial charge in [-0.1, -0.05) is 63.7 Å². The first-order valence-corrected chi connectivity index (χ1v) is 17.7. The molecule has 4 rings (SSSR count). The molecule has 0 aromatic carbocycles. The molecule has 8 N–H and O–H groups in total. The van der Waals surface area contributed by atoms with E-state index in [1.54, 1.807) is 0 Å². The number of carboxylic acids is 1. The minimum atomic E-state index is -1.00. The highest BCUT2D eigenvalue weighted by Crippen LogP contribution is 2.47. The van der Waals surface area contributed by atoms with Gasteiger partial charge in [-0.3, -0.25) is 4.79 Å². The van der Waals surface area contributed by atoms with Crippen molar-refractivity contribution in [2.75, 3.05) is 6.54 Å². The van der Waals surface area contributed by atoms with Gasteiger partial charge in [0.2, 0.25) is 0 Å². The minimum absolute atomic E-state index is 0.0241. The van der Waals surface area contributed by atoms with Crippen LogP contribution in [0.15, 0.2) is 54.0 Å². The zero-order valence-corrected chi connectivity index (χ0v) is 27.4. The van der Waals surface area contributed by atoms with Gasteiger partial charge in [-0.15, -0.1) is 0 Å². The third-order valence-corrected chi connectivity index (χ3v) is 10.7. The molecule has 0 unspecified atom stereocenters. The highest BCUT2D eigenvalue weighted by atomic mass is 16.4. The van der Waals surface area contributed by atoms with E-state index in [-0.39, 0.29) is 24.4 Å². The van der Waals surface area contributed by atoms with E-state index in [0.29, 0.717) is 43.5 Å². The molecular formula is C37H59N3O5. The van der Waals surface area contributed by atoms with Gasteiger partial charge in [0, 0.05) is 24.4 Å². The summed E-state index contributed by atoms with van der Waals surface area (Å²) >= 11 is 0. The largest absolute Gasteiger partial charge is 0.481 e. The van der Waals surface area contributed by atoms with Gasteiger partial charge in [0.1, 0.15) is 0 Å². The predicted molar refractivity (Wildman–Crippen MR) is 179 cm³/mol. The molecule has 1 aromatic heterocycles. The first kappa shape index (κ1) is 35.3. The molecule has 45 heavy (non-hydrogen) atoms. The van der Waals surface area contributed by atoms with E-state index in [1.807, 2.05) is 24.4 Å². The average molecular weight is 626 g/mol. The molecule has 8 atom stereocenters. The van der Waals surface area contributed by atoms with Gasteiger partial charge in [0.15, 0.2) is 0 Å². The van der Waals surface area contributed by atoms with Crippen molar-refractivity contribution >= 4 is 5.97 Å². The second-order valence-corrected chi connectivity index (χ2v) is 14.3. The van der Waals surface area contributed by atoms with Crippen LogP contribution in [-0.4, -0.2) is 55.7 Å². The van der Waals surface area contributed by atoms with Crippen LogP contribution < -0.4 is 11.1 Å². The summed E-state index contributed by atoms with van der Waals surface area (Å²) in [6.07, 6.45) is 22.5. The number of aromatic nitrogens is 1. The van der Waals surface area contributed by atoms with Crippen LogP contribution in [0, 0.1) is 29.6 Å². The highest BCUT2D eigenvalue weighted by Gasteiger charge is 2.46. The molecule has 2 heterocycles. The van der Waals surface area contributed by atoms with Gasteiger partial charge in [0.05, 0.1) is 29.5 Å². The molecule has 8 heteroatoms. The number of nitrogens with two attached hydrogens (primary N) is 1. The number of rotatable bonds is 19. The summed E-state index contributed by atoms with van der Waals surface area (Å²) in [4.78, 5) is 15.4. The maximum atomic E-state index is 12.2. The number of aliphatic hydroxyl groups excluding tert-OH is 2. The molecule has 3 aliphatic rings. The van der Waals surface area contributed by atoms with Crippen LogP contribution in [-0.2, 0) is 11.2 Å². The lowest BCUT2D eigenvalue weighted by molar-refractivity contribution is -0.146. The maximum absolute atomic E-state index is 12.2. The van der Waals surface area contributed by atoms with Crippen molar-refractivity contribution in [3.05, 3.63) is 59.7 Å². The summed E-state index contributed by atoms with van der Waals surface area (Å²) in [7, 11) is 0. The Bertz CT molecular complexity index is 1130. The summed E-state index contributed by atoms with van der Waals surface area (Å²) in [6.45, 7) is 2.92. The zero-order valence-electron chi connectivity index (χ0n) is 27.4. The number of H-pyrrole nitrogens is 1. The van der Waals surface area contributed by atoms with Crippen LogP contribution in [0.4, 0.5) is 0 Å². The summed E-state index contributed by atoms with van der Waals surface area (Å²) in [6, 6.07) is 4.01. The molecular weight excluding hydrogens is 566 g/mol. The van der Waals surface area contributed by atoms with Crippen molar-refractivity contribution in [3.8, 4) is 0 Å². The lowest BCUT2D eigenvalue weighted by atomic mass is 9.80. The van der Waals surface area contributed by atoms with Crippen LogP contribution in [0.2, 0.25) is 0 Å². The summed E-state index contributed by atoms with van der Waals surface area (Å²) in [5.74, 6) is -0.158. The van der Waals surface area contributed by atoms with Crippen molar-refractivity contribution in [1.82, 2.24) is 10.3 Å². The van der Waals surface area contributed by atoms with E-state index in [1.165, 1.54) is 24.8 Å². The van der Waals surface area contributed by atoms with E-state index >= 15 is 0 Å². The van der Waals surface area contributed by atoms with Crippen LogP contribution in [0.3, 0.4) is 0 Å². The standard InChI is InChI=1S/C37H59N3O5/c1-2-3-5-9-26-13-14-29(34(42)22-26)10-6-4-7-12-32(36(43)44)33(41)15-17-37(45)25-28(20-27-16-19-40-35(38)23-27)21-30(37)24-31-11-8-18-39-31/h8,11,13-14,16,18,23,26,28-30,32-34,39-42,45H,2-7,9-10,12,15,17,19-22,24-25,38H2,1H3,(H,43,44)/t26-,28-,29-,30+,32+,33-,34-,37+/m1/s1. The Kier molecular flexibility index (Phi) is 13.6. The fourth-order valence-corrected chi connectivity index (χ4v) is 8.10. The van der Waals surface area contributed by atoms with Crippen LogP contribution in [0.5, 0.6) is 0 Å². The van der Waals surface area contributed by atoms with Gasteiger partial charge in [-0.25, -0.2) is 0 Å². The Labute approximate surface area is 270 Å². The molecule has 0 bridgehead atoms.